The van der Waals surface area contributed by atoms with Crippen molar-refractivity contribution >= 4 is 22.8 Å². The summed E-state index contributed by atoms with van der Waals surface area (Å²) in [5.74, 6) is -1.52. The molecule has 144 valence electrons. The quantitative estimate of drug-likeness (QED) is 0.645. The van der Waals surface area contributed by atoms with E-state index in [-0.39, 0.29) is 23.6 Å². The lowest BCUT2D eigenvalue weighted by molar-refractivity contribution is -0.145. The highest BCUT2D eigenvalue weighted by molar-refractivity contribution is 5.89. The number of aromatic nitrogens is 1. The number of H-pyrrole nitrogens is 1. The summed E-state index contributed by atoms with van der Waals surface area (Å²) in [7, 11) is 1.30. The Morgan fingerprint density at radius 1 is 1.21 bits per heavy atom. The molecule has 5 nitrogen and oxygen atoms in total. The fourth-order valence-corrected chi connectivity index (χ4v) is 3.74. The Balaban J connectivity index is 1.48. The first-order chi connectivity index (χ1) is 13.6. The van der Waals surface area contributed by atoms with E-state index >= 15 is 0 Å². The number of hydrogen-bond donors (Lipinski definition) is 2. The third-order valence-corrected chi connectivity index (χ3v) is 5.33. The van der Waals surface area contributed by atoms with E-state index in [9.17, 15) is 14.0 Å². The van der Waals surface area contributed by atoms with Crippen LogP contribution in [0.5, 0.6) is 0 Å². The Morgan fingerprint density at radius 3 is 2.75 bits per heavy atom. The van der Waals surface area contributed by atoms with Gasteiger partial charge in [0.2, 0.25) is 5.91 Å². The molecule has 1 heterocycles. The smallest absolute Gasteiger partial charge is 0.328 e. The van der Waals surface area contributed by atoms with Crippen molar-refractivity contribution in [3.8, 4) is 0 Å². The summed E-state index contributed by atoms with van der Waals surface area (Å²) in [5, 5.41) is 3.80. The van der Waals surface area contributed by atoms with E-state index in [1.165, 1.54) is 13.2 Å². The van der Waals surface area contributed by atoms with E-state index in [0.29, 0.717) is 18.4 Å². The number of fused-ring (bicyclic) bond motifs is 1. The largest absolute Gasteiger partial charge is 0.467 e. The molecule has 2 aromatic carbocycles. The van der Waals surface area contributed by atoms with Crippen molar-refractivity contribution in [2.75, 3.05) is 7.11 Å². The van der Waals surface area contributed by atoms with Gasteiger partial charge in [-0.3, -0.25) is 4.79 Å². The van der Waals surface area contributed by atoms with Crippen LogP contribution in [-0.2, 0) is 20.7 Å². The molecule has 0 aliphatic heterocycles. The van der Waals surface area contributed by atoms with Crippen LogP contribution in [0.2, 0.25) is 0 Å². The Labute approximate surface area is 161 Å². The molecule has 0 bridgehead atoms. The van der Waals surface area contributed by atoms with Crippen molar-refractivity contribution in [1.82, 2.24) is 10.3 Å². The van der Waals surface area contributed by atoms with Gasteiger partial charge in [0.05, 0.1) is 7.11 Å². The minimum absolute atomic E-state index is 0.146. The Hall–Kier alpha value is -3.15. The lowest BCUT2D eigenvalue weighted by atomic mass is 10.0. The van der Waals surface area contributed by atoms with Crippen LogP contribution in [0.25, 0.3) is 10.9 Å². The highest BCUT2D eigenvalue weighted by Gasteiger charge is 2.46. The molecular formula is C22H21FN2O3. The van der Waals surface area contributed by atoms with Crippen LogP contribution < -0.4 is 5.32 Å². The number of rotatable bonds is 6. The second-order valence-electron chi connectivity index (χ2n) is 7.12. The van der Waals surface area contributed by atoms with Gasteiger partial charge >= 0.3 is 5.97 Å². The fourth-order valence-electron chi connectivity index (χ4n) is 3.74. The molecule has 1 aliphatic carbocycles. The third-order valence-electron chi connectivity index (χ3n) is 5.33. The first-order valence-electron chi connectivity index (χ1n) is 9.26. The van der Waals surface area contributed by atoms with Gasteiger partial charge in [-0.2, -0.15) is 0 Å². The average Bonchev–Trinajstić information content (AvgIpc) is 3.41. The van der Waals surface area contributed by atoms with Crippen molar-refractivity contribution in [1.29, 1.82) is 0 Å². The molecule has 28 heavy (non-hydrogen) atoms. The van der Waals surface area contributed by atoms with Gasteiger partial charge < -0.3 is 15.0 Å². The van der Waals surface area contributed by atoms with Crippen LogP contribution in [0.4, 0.5) is 4.39 Å². The standard InChI is InChI=1S/C22H21FN2O3/c1-28-22(27)20(10-13-12-24-19-9-5-3-6-14(13)19)25-21(26)17-11-16(17)15-7-2-4-8-18(15)23/h2-9,12,16-17,20,24H,10-11H2,1H3,(H,25,26). The van der Waals surface area contributed by atoms with Crippen molar-refractivity contribution in [2.24, 2.45) is 5.92 Å². The molecule has 1 amide bonds. The summed E-state index contributed by atoms with van der Waals surface area (Å²) >= 11 is 0. The molecule has 0 saturated heterocycles. The molecule has 0 radical (unpaired) electrons. The maximum atomic E-state index is 14.0. The van der Waals surface area contributed by atoms with E-state index in [0.717, 1.165) is 16.5 Å². The zero-order chi connectivity index (χ0) is 19.7. The number of carbonyl (C=O) groups excluding carboxylic acids is 2. The maximum absolute atomic E-state index is 14.0. The molecule has 6 heteroatoms. The molecular weight excluding hydrogens is 359 g/mol. The number of carbonyl (C=O) groups is 2. The zero-order valence-electron chi connectivity index (χ0n) is 15.4. The van der Waals surface area contributed by atoms with Crippen LogP contribution >= 0.6 is 0 Å². The first-order valence-corrected chi connectivity index (χ1v) is 9.26. The fraction of sp³-hybridized carbons (Fsp3) is 0.273. The molecule has 2 N–H and O–H groups in total. The molecule has 4 rings (SSSR count). The van der Waals surface area contributed by atoms with Crippen molar-refractivity contribution in [3.05, 3.63) is 71.7 Å². The van der Waals surface area contributed by atoms with Crippen LogP contribution in [0.1, 0.15) is 23.5 Å². The third kappa shape index (κ3) is 3.50. The molecule has 3 unspecified atom stereocenters. The Bertz CT molecular complexity index is 1030. The van der Waals surface area contributed by atoms with Crippen molar-refractivity contribution in [2.45, 2.75) is 24.8 Å². The van der Waals surface area contributed by atoms with Gasteiger partial charge in [0.1, 0.15) is 11.9 Å². The number of benzene rings is 2. The summed E-state index contributed by atoms with van der Waals surface area (Å²) in [6, 6.07) is 13.5. The van der Waals surface area contributed by atoms with Gasteiger partial charge in [0, 0.05) is 29.4 Å². The molecule has 1 fully saturated rings. The molecule has 1 aromatic heterocycles. The molecule has 0 spiro atoms. The van der Waals surface area contributed by atoms with Gasteiger partial charge in [-0.25, -0.2) is 9.18 Å². The zero-order valence-corrected chi connectivity index (χ0v) is 15.4. The minimum Gasteiger partial charge on any atom is -0.467 e. The van der Waals surface area contributed by atoms with E-state index in [1.54, 1.807) is 18.2 Å². The van der Waals surface area contributed by atoms with Crippen LogP contribution in [0, 0.1) is 11.7 Å². The maximum Gasteiger partial charge on any atom is 0.328 e. The second-order valence-corrected chi connectivity index (χ2v) is 7.12. The number of ether oxygens (including phenoxy) is 1. The van der Waals surface area contributed by atoms with E-state index in [4.69, 9.17) is 4.74 Å². The summed E-state index contributed by atoms with van der Waals surface area (Å²) in [5.41, 5.74) is 2.44. The van der Waals surface area contributed by atoms with E-state index in [1.807, 2.05) is 30.5 Å². The van der Waals surface area contributed by atoms with Crippen LogP contribution in [-0.4, -0.2) is 30.0 Å². The Kier molecular flexibility index (Phi) is 4.86. The number of amides is 1. The van der Waals surface area contributed by atoms with E-state index < -0.39 is 12.0 Å². The van der Waals surface area contributed by atoms with Gasteiger partial charge in [0.25, 0.3) is 0 Å². The highest BCUT2D eigenvalue weighted by atomic mass is 19.1. The Morgan fingerprint density at radius 2 is 1.96 bits per heavy atom. The summed E-state index contributed by atoms with van der Waals surface area (Å²) < 4.78 is 18.8. The number of halogens is 1. The summed E-state index contributed by atoms with van der Waals surface area (Å²) in [6.07, 6.45) is 2.74. The SMILES string of the molecule is COC(=O)C(Cc1c[nH]c2ccccc12)NC(=O)C1CC1c1ccccc1F. The van der Waals surface area contributed by atoms with Crippen molar-refractivity contribution < 1.29 is 18.7 Å². The topological polar surface area (TPSA) is 71.2 Å². The molecule has 3 aromatic rings. The predicted octanol–water partition coefficient (Wildman–Crippen LogP) is 3.31. The lowest BCUT2D eigenvalue weighted by Crippen LogP contribution is -2.43. The number of esters is 1. The highest BCUT2D eigenvalue weighted by Crippen LogP contribution is 2.48. The second kappa shape index (κ2) is 7.46. The van der Waals surface area contributed by atoms with Crippen LogP contribution in [0.15, 0.2) is 54.7 Å². The molecule has 3 atom stereocenters. The number of aromatic amines is 1. The van der Waals surface area contributed by atoms with Gasteiger partial charge in [-0.1, -0.05) is 36.4 Å². The molecule has 1 saturated carbocycles. The number of nitrogens with one attached hydrogen (secondary N) is 2. The lowest BCUT2D eigenvalue weighted by Gasteiger charge is -2.16. The van der Waals surface area contributed by atoms with Crippen LogP contribution in [0.3, 0.4) is 0 Å². The van der Waals surface area contributed by atoms with Gasteiger partial charge in [0.15, 0.2) is 0 Å². The van der Waals surface area contributed by atoms with Crippen molar-refractivity contribution in [3.63, 3.8) is 0 Å². The number of para-hydroxylation sites is 1. The number of methoxy groups -OCH3 is 1. The average molecular weight is 380 g/mol. The monoisotopic (exact) mass is 380 g/mol. The minimum atomic E-state index is -0.793. The first kappa shape index (κ1) is 18.2. The van der Waals surface area contributed by atoms with Gasteiger partial charge in [-0.15, -0.1) is 0 Å². The number of hydrogen-bond acceptors (Lipinski definition) is 3. The predicted molar refractivity (Wildman–Crippen MR) is 103 cm³/mol. The van der Waals surface area contributed by atoms with Gasteiger partial charge in [-0.05, 0) is 35.6 Å². The summed E-state index contributed by atoms with van der Waals surface area (Å²) in [4.78, 5) is 28.1. The molecule has 1 aliphatic rings. The normalized spacial score (nSPS) is 19.2. The summed E-state index contributed by atoms with van der Waals surface area (Å²) in [6.45, 7) is 0. The van der Waals surface area contributed by atoms with E-state index in [2.05, 4.69) is 10.3 Å².